The molecule has 0 aliphatic carbocycles. The first-order valence-corrected chi connectivity index (χ1v) is 7.51. The van der Waals surface area contributed by atoms with Gasteiger partial charge in [-0.05, 0) is 18.2 Å². The third-order valence-corrected chi connectivity index (χ3v) is 4.36. The van der Waals surface area contributed by atoms with E-state index in [-0.39, 0.29) is 27.3 Å². The Bertz CT molecular complexity index is 832. The third kappa shape index (κ3) is 2.52. The molecule has 0 fully saturated rings. The van der Waals surface area contributed by atoms with Crippen LogP contribution in [0.1, 0.15) is 0 Å². The molecule has 1 N–H and O–H groups in total. The number of quaternary nitrogens is 1. The molecule has 0 bridgehead atoms. The summed E-state index contributed by atoms with van der Waals surface area (Å²) in [7, 11) is 0. The zero-order chi connectivity index (χ0) is 17.5. The van der Waals surface area contributed by atoms with Gasteiger partial charge < -0.3 is 5.11 Å². The highest BCUT2D eigenvalue weighted by atomic mass is 35.5. The molecule has 8 heteroatoms. The number of rotatable bonds is 3. The van der Waals surface area contributed by atoms with E-state index in [0.29, 0.717) is 6.07 Å². The highest BCUT2D eigenvalue weighted by molar-refractivity contribution is 6.34. The maximum absolute atomic E-state index is 14.5. The second-order valence-corrected chi connectivity index (χ2v) is 5.82. The molecule has 3 rings (SSSR count). The van der Waals surface area contributed by atoms with Crippen LogP contribution in [-0.2, 0) is 0 Å². The molecule has 0 saturated carbocycles. The standard InChI is InChI=1S/C16H10Cl2F3N2O/c17-11-5-9(19)1-3-13(11)23(8-22-16(18)15(23)7-24)14-4-2-10(20)6-12(14)21/h1-6,8,24H,7H2/q+1. The van der Waals surface area contributed by atoms with Gasteiger partial charge in [-0.3, -0.25) is 0 Å². The van der Waals surface area contributed by atoms with E-state index in [4.69, 9.17) is 23.2 Å². The van der Waals surface area contributed by atoms with Crippen LogP contribution in [0.2, 0.25) is 5.02 Å². The van der Waals surface area contributed by atoms with Crippen LogP contribution in [0, 0.1) is 17.5 Å². The van der Waals surface area contributed by atoms with E-state index in [0.717, 1.165) is 18.2 Å². The van der Waals surface area contributed by atoms with Gasteiger partial charge in [-0.25, -0.2) is 13.2 Å². The predicted molar refractivity (Wildman–Crippen MR) is 87.7 cm³/mol. The Morgan fingerprint density at radius 3 is 2.17 bits per heavy atom. The molecule has 2 aromatic rings. The number of aliphatic imine (C=N–C) groups is 1. The summed E-state index contributed by atoms with van der Waals surface area (Å²) < 4.78 is 40.6. The lowest BCUT2D eigenvalue weighted by atomic mass is 10.1. The molecule has 1 heterocycles. The Hall–Kier alpha value is -1.86. The summed E-state index contributed by atoms with van der Waals surface area (Å²) in [5.41, 5.74) is 0.260. The third-order valence-electron chi connectivity index (χ3n) is 3.74. The smallest absolute Gasteiger partial charge is 0.207 e. The zero-order valence-electron chi connectivity index (χ0n) is 12.0. The van der Waals surface area contributed by atoms with Crippen molar-refractivity contribution in [3.05, 3.63) is 69.7 Å². The summed E-state index contributed by atoms with van der Waals surface area (Å²) >= 11 is 12.2. The molecule has 0 saturated heterocycles. The first-order valence-electron chi connectivity index (χ1n) is 6.75. The quantitative estimate of drug-likeness (QED) is 0.605. The lowest BCUT2D eigenvalue weighted by Gasteiger charge is -2.31. The summed E-state index contributed by atoms with van der Waals surface area (Å²) in [6.07, 6.45) is 1.25. The van der Waals surface area contributed by atoms with Crippen LogP contribution >= 0.6 is 23.2 Å². The van der Waals surface area contributed by atoms with E-state index in [2.05, 4.69) is 4.99 Å². The van der Waals surface area contributed by atoms with Gasteiger partial charge in [0.2, 0.25) is 6.34 Å². The number of hydrogen-bond donors (Lipinski definition) is 1. The number of aliphatic hydroxyl groups is 1. The minimum atomic E-state index is -0.890. The van der Waals surface area contributed by atoms with Crippen LogP contribution in [0.3, 0.4) is 0 Å². The maximum atomic E-state index is 14.5. The zero-order valence-corrected chi connectivity index (χ0v) is 13.5. The number of nitrogens with zero attached hydrogens (tertiary/aromatic N) is 2. The summed E-state index contributed by atoms with van der Waals surface area (Å²) in [6, 6.07) is 6.47. The first-order chi connectivity index (χ1) is 11.4. The maximum Gasteiger partial charge on any atom is 0.207 e. The van der Waals surface area contributed by atoms with Crippen LogP contribution < -0.4 is 4.48 Å². The molecule has 1 aliphatic rings. The van der Waals surface area contributed by atoms with Gasteiger partial charge in [-0.15, -0.1) is 0 Å². The first kappa shape index (κ1) is 17.0. The number of benzene rings is 2. The van der Waals surface area contributed by atoms with Crippen molar-refractivity contribution in [1.29, 1.82) is 0 Å². The second-order valence-electron chi connectivity index (χ2n) is 5.05. The minimum absolute atomic E-state index is 0.0255. The van der Waals surface area contributed by atoms with E-state index in [1.165, 1.54) is 18.5 Å². The van der Waals surface area contributed by atoms with Gasteiger partial charge in [0.1, 0.15) is 23.3 Å². The lowest BCUT2D eigenvalue weighted by Crippen LogP contribution is -2.42. The molecule has 24 heavy (non-hydrogen) atoms. The van der Waals surface area contributed by atoms with Gasteiger partial charge in [0.15, 0.2) is 28.0 Å². The van der Waals surface area contributed by atoms with Gasteiger partial charge in [0.25, 0.3) is 0 Å². The molecule has 1 atom stereocenters. The van der Waals surface area contributed by atoms with Gasteiger partial charge >= 0.3 is 0 Å². The Morgan fingerprint density at radius 2 is 1.58 bits per heavy atom. The molecular weight excluding hydrogens is 364 g/mol. The minimum Gasteiger partial charge on any atom is -0.386 e. The van der Waals surface area contributed by atoms with Crippen LogP contribution in [0.25, 0.3) is 0 Å². The summed E-state index contributed by atoms with van der Waals surface area (Å²) in [5.74, 6) is -2.24. The van der Waals surface area contributed by atoms with E-state index >= 15 is 0 Å². The monoisotopic (exact) mass is 373 g/mol. The van der Waals surface area contributed by atoms with Crippen molar-refractivity contribution in [3.8, 4) is 0 Å². The number of aliphatic hydroxyl groups excluding tert-OH is 1. The average Bonchev–Trinajstić information content (AvgIpc) is 2.84. The fourth-order valence-corrected chi connectivity index (χ4v) is 3.22. The van der Waals surface area contributed by atoms with Crippen molar-refractivity contribution in [2.24, 2.45) is 4.99 Å². The molecule has 0 radical (unpaired) electrons. The van der Waals surface area contributed by atoms with Crippen LogP contribution in [-0.4, -0.2) is 18.1 Å². The van der Waals surface area contributed by atoms with Crippen molar-refractivity contribution >= 4 is 40.9 Å². The average molecular weight is 374 g/mol. The highest BCUT2D eigenvalue weighted by Crippen LogP contribution is 2.47. The van der Waals surface area contributed by atoms with Gasteiger partial charge in [0.05, 0.1) is 0 Å². The Balaban J connectivity index is 2.37. The summed E-state index contributed by atoms with van der Waals surface area (Å²) in [4.78, 5) is 3.94. The highest BCUT2D eigenvalue weighted by Gasteiger charge is 2.46. The van der Waals surface area contributed by atoms with Crippen molar-refractivity contribution in [3.63, 3.8) is 0 Å². The van der Waals surface area contributed by atoms with Crippen LogP contribution in [0.15, 0.2) is 52.2 Å². The second kappa shape index (κ2) is 6.22. The Kier molecular flexibility index (Phi) is 4.40. The predicted octanol–water partition coefficient (Wildman–Crippen LogP) is 4.84. The molecule has 2 aromatic carbocycles. The molecule has 0 spiro atoms. The van der Waals surface area contributed by atoms with Crippen molar-refractivity contribution in [1.82, 2.24) is 4.48 Å². The van der Waals surface area contributed by atoms with Crippen LogP contribution in [0.4, 0.5) is 24.5 Å². The largest absolute Gasteiger partial charge is 0.386 e. The number of halogens is 5. The molecule has 3 nitrogen and oxygen atoms in total. The Labute approximate surface area is 145 Å². The molecule has 0 aromatic heterocycles. The molecular formula is C16H10Cl2F3N2O+. The van der Waals surface area contributed by atoms with Crippen molar-refractivity contribution in [2.45, 2.75) is 0 Å². The summed E-state index contributed by atoms with van der Waals surface area (Å²) in [6.45, 7) is -0.566. The molecule has 1 aliphatic heterocycles. The Morgan fingerprint density at radius 1 is 0.958 bits per heavy atom. The summed E-state index contributed by atoms with van der Waals surface area (Å²) in [5, 5.41) is 9.65. The topological polar surface area (TPSA) is 32.6 Å². The van der Waals surface area contributed by atoms with Gasteiger partial charge in [-0.1, -0.05) is 23.2 Å². The van der Waals surface area contributed by atoms with E-state index in [1.54, 1.807) is 0 Å². The fourth-order valence-electron chi connectivity index (χ4n) is 2.68. The van der Waals surface area contributed by atoms with Crippen molar-refractivity contribution < 1.29 is 18.3 Å². The van der Waals surface area contributed by atoms with Gasteiger partial charge in [-0.2, -0.15) is 9.48 Å². The normalized spacial score (nSPS) is 20.1. The molecule has 124 valence electrons. The van der Waals surface area contributed by atoms with Crippen LogP contribution in [0.5, 0.6) is 0 Å². The fraction of sp³-hybridized carbons (Fsp3) is 0.0625. The number of hydrogen-bond acceptors (Lipinski definition) is 2. The van der Waals surface area contributed by atoms with E-state index < -0.39 is 28.5 Å². The molecule has 1 unspecified atom stereocenters. The van der Waals surface area contributed by atoms with Gasteiger partial charge in [0, 0.05) is 18.2 Å². The SMILES string of the molecule is OCC1=C(Cl)N=C[N+]1(c1ccc(F)cc1F)c1ccc(F)cc1Cl. The van der Waals surface area contributed by atoms with E-state index in [9.17, 15) is 18.3 Å². The lowest BCUT2D eigenvalue weighted by molar-refractivity contribution is 0.310. The van der Waals surface area contributed by atoms with Crippen molar-refractivity contribution in [2.75, 3.05) is 6.61 Å². The molecule has 0 amide bonds. The van der Waals surface area contributed by atoms with E-state index in [1.807, 2.05) is 0 Å².